The lowest BCUT2D eigenvalue weighted by Gasteiger charge is -2.19. The summed E-state index contributed by atoms with van der Waals surface area (Å²) in [4.78, 5) is 33.7. The first kappa shape index (κ1) is 26.9. The number of aryl methyl sites for hydroxylation is 1. The topological polar surface area (TPSA) is 173 Å². The average Bonchev–Trinajstić information content (AvgIpc) is 2.85. The molecule has 13 heteroatoms. The van der Waals surface area contributed by atoms with E-state index >= 15 is 0 Å². The molecule has 0 saturated heterocycles. The number of nitrogens with two attached hydrogens (primary N) is 2. The lowest BCUT2D eigenvalue weighted by atomic mass is 10.2. The molecular formula is C22H24ClFN10O. The fraction of sp³-hybridized carbons (Fsp3) is 0.227. The summed E-state index contributed by atoms with van der Waals surface area (Å²) in [6, 6.07) is 3.40. The van der Waals surface area contributed by atoms with Gasteiger partial charge in [0, 0.05) is 17.6 Å². The third-order valence-corrected chi connectivity index (χ3v) is 5.16. The number of nitrogens with zero attached hydrogens (tertiary/aromatic N) is 7. The number of halogens is 2. The highest BCUT2D eigenvalue weighted by Gasteiger charge is 2.20. The van der Waals surface area contributed by atoms with Gasteiger partial charge in [-0.15, -0.1) is 0 Å². The number of nitriles is 1. The highest BCUT2D eigenvalue weighted by atomic mass is 35.5. The van der Waals surface area contributed by atoms with Crippen molar-refractivity contribution < 1.29 is 4.39 Å². The summed E-state index contributed by atoms with van der Waals surface area (Å²) in [6.07, 6.45) is 2.52. The Morgan fingerprint density at radius 2 is 2.03 bits per heavy atom. The van der Waals surface area contributed by atoms with Gasteiger partial charge in [-0.25, -0.2) is 28.9 Å². The van der Waals surface area contributed by atoms with Crippen LogP contribution >= 0.6 is 11.6 Å². The lowest BCUT2D eigenvalue weighted by Crippen LogP contribution is -2.31. The van der Waals surface area contributed by atoms with E-state index < -0.39 is 17.4 Å². The molecule has 0 radical (unpaired) electrons. The van der Waals surface area contributed by atoms with E-state index in [9.17, 15) is 14.4 Å². The lowest BCUT2D eigenvalue weighted by molar-refractivity contribution is 0.569. The van der Waals surface area contributed by atoms with Gasteiger partial charge in [-0.3, -0.25) is 9.79 Å². The molecule has 0 aliphatic rings. The number of nitrogen functional groups attached to an aromatic ring is 1. The first-order valence-electron chi connectivity index (χ1n) is 10.1. The number of aromatic nitrogens is 4. The van der Waals surface area contributed by atoms with Crippen LogP contribution in [0, 0.1) is 31.0 Å². The van der Waals surface area contributed by atoms with E-state index in [-0.39, 0.29) is 51.0 Å². The van der Waals surface area contributed by atoms with Crippen LogP contribution in [0.25, 0.3) is 5.82 Å². The van der Waals surface area contributed by atoms with Gasteiger partial charge < -0.3 is 16.8 Å². The summed E-state index contributed by atoms with van der Waals surface area (Å²) in [6.45, 7) is 7.96. The number of hydrogen-bond donors (Lipinski definition) is 3. The maximum absolute atomic E-state index is 14.7. The van der Waals surface area contributed by atoms with Crippen LogP contribution in [-0.4, -0.2) is 39.1 Å². The standard InChI is InChI=1S/C22H24ClFN10O/c1-11-15(23)6-7-16(24)12(2)33-21(34(22(11)35)18-10-30-17(26)9-31-18)13(3)32-20(29-5)14(8-25)19(27)28-4/h6-7,9-10,13,32H,5H2,1-4H3,(H2,26,30)(H2,27,28)/b7-6?,15-11?,16-12?,20-14+,33-21?/t13-/m0/s1. The molecular weight excluding hydrogens is 475 g/mol. The summed E-state index contributed by atoms with van der Waals surface area (Å²) in [5.41, 5.74) is 10.8. The second-order valence-corrected chi connectivity index (χ2v) is 7.53. The van der Waals surface area contributed by atoms with Crippen molar-refractivity contribution in [2.75, 3.05) is 12.8 Å². The number of amidine groups is 1. The summed E-state index contributed by atoms with van der Waals surface area (Å²) >= 11 is 6.25. The Hall–Kier alpha value is -4.37. The Balaban J connectivity index is 3.03. The third kappa shape index (κ3) is 6.15. The van der Waals surface area contributed by atoms with Crippen molar-refractivity contribution in [3.63, 3.8) is 0 Å². The minimum atomic E-state index is -0.871. The monoisotopic (exact) mass is 498 g/mol. The van der Waals surface area contributed by atoms with Gasteiger partial charge in [-0.1, -0.05) is 11.6 Å². The Morgan fingerprint density at radius 1 is 1.34 bits per heavy atom. The van der Waals surface area contributed by atoms with Crippen LogP contribution in [0.1, 0.15) is 30.0 Å². The van der Waals surface area contributed by atoms with Crippen molar-refractivity contribution in [1.29, 1.82) is 5.26 Å². The number of rotatable bonds is 6. The van der Waals surface area contributed by atoms with Crippen LogP contribution in [0.15, 0.2) is 50.7 Å². The second kappa shape index (κ2) is 11.7. The van der Waals surface area contributed by atoms with Gasteiger partial charge in [0.1, 0.15) is 40.8 Å². The number of aliphatic imine (C=N–C) groups is 2. The molecule has 35 heavy (non-hydrogen) atoms. The van der Waals surface area contributed by atoms with E-state index in [4.69, 9.17) is 23.1 Å². The van der Waals surface area contributed by atoms with Crippen molar-refractivity contribution >= 4 is 30.0 Å². The number of anilines is 1. The quantitative estimate of drug-likeness (QED) is 0.308. The third-order valence-electron chi connectivity index (χ3n) is 4.75. The molecule has 2 heterocycles. The molecule has 0 aromatic carbocycles. The van der Waals surface area contributed by atoms with Gasteiger partial charge in [-0.2, -0.15) is 5.26 Å². The highest BCUT2D eigenvalue weighted by molar-refractivity contribution is 6.31. The Morgan fingerprint density at radius 3 is 2.57 bits per heavy atom. The smallest absolute Gasteiger partial charge is 0.262 e. The molecule has 2 aromatic heterocycles. The first-order valence-corrected chi connectivity index (χ1v) is 10.4. The molecule has 182 valence electrons. The van der Waals surface area contributed by atoms with Crippen molar-refractivity contribution in [3.05, 3.63) is 74.2 Å². The molecule has 0 bridgehead atoms. The molecule has 5 N–H and O–H groups in total. The highest BCUT2D eigenvalue weighted by Crippen LogP contribution is 2.18. The fourth-order valence-electron chi connectivity index (χ4n) is 2.81. The molecule has 0 amide bonds. The van der Waals surface area contributed by atoms with E-state index in [0.29, 0.717) is 0 Å². The van der Waals surface area contributed by atoms with Crippen LogP contribution in [0.4, 0.5) is 10.2 Å². The summed E-state index contributed by atoms with van der Waals surface area (Å²) in [5.74, 6) is -0.632. The maximum Gasteiger partial charge on any atom is 0.262 e. The molecule has 1 atom stereocenters. The van der Waals surface area contributed by atoms with Gasteiger partial charge in [-0.05, 0) is 39.6 Å². The van der Waals surface area contributed by atoms with Crippen molar-refractivity contribution in [3.8, 4) is 11.9 Å². The van der Waals surface area contributed by atoms with Crippen LogP contribution < -0.4 is 22.3 Å². The van der Waals surface area contributed by atoms with Gasteiger partial charge in [0.25, 0.3) is 5.56 Å². The van der Waals surface area contributed by atoms with E-state index in [1.807, 2.05) is 6.07 Å². The predicted octanol–water partition coefficient (Wildman–Crippen LogP) is 2.21. The van der Waals surface area contributed by atoms with Crippen molar-refractivity contribution in [2.24, 2.45) is 15.7 Å². The molecule has 0 spiro atoms. The van der Waals surface area contributed by atoms with E-state index in [1.165, 1.54) is 39.4 Å². The summed E-state index contributed by atoms with van der Waals surface area (Å²) in [5, 5.41) is 12.5. The van der Waals surface area contributed by atoms with Gasteiger partial charge in [0.2, 0.25) is 0 Å². The van der Waals surface area contributed by atoms with E-state index in [1.54, 1.807) is 6.92 Å². The van der Waals surface area contributed by atoms with Gasteiger partial charge in [0.15, 0.2) is 5.82 Å². The molecule has 0 unspecified atom stereocenters. The normalized spacial score (nSPS) is 12.7. The second-order valence-electron chi connectivity index (χ2n) is 7.12. The Kier molecular flexibility index (Phi) is 8.96. The zero-order chi connectivity index (χ0) is 26.3. The predicted molar refractivity (Wildman–Crippen MR) is 133 cm³/mol. The van der Waals surface area contributed by atoms with Gasteiger partial charge in [0.05, 0.1) is 24.1 Å². The summed E-state index contributed by atoms with van der Waals surface area (Å²) < 4.78 is 15.8. The maximum atomic E-state index is 14.7. The average molecular weight is 499 g/mol. The zero-order valence-corrected chi connectivity index (χ0v) is 20.3. The van der Waals surface area contributed by atoms with E-state index in [0.717, 1.165) is 10.6 Å². The number of nitrogens with one attached hydrogen (secondary N) is 1. The minimum Gasteiger partial charge on any atom is -0.383 e. The Bertz CT molecular complexity index is 1360. The Labute approximate surface area is 206 Å². The van der Waals surface area contributed by atoms with E-state index in [2.05, 4.69) is 37.0 Å². The van der Waals surface area contributed by atoms with Crippen LogP contribution in [0.2, 0.25) is 5.02 Å². The fourth-order valence-corrected chi connectivity index (χ4v) is 2.95. The molecule has 2 aromatic rings. The first-order chi connectivity index (χ1) is 16.5. The molecule has 2 rings (SSSR count). The zero-order valence-electron chi connectivity index (χ0n) is 19.5. The van der Waals surface area contributed by atoms with Gasteiger partial charge >= 0.3 is 0 Å². The number of hydrogen-bond acceptors (Lipinski definition) is 9. The molecule has 0 aliphatic carbocycles. The van der Waals surface area contributed by atoms with Crippen molar-refractivity contribution in [2.45, 2.75) is 26.8 Å². The van der Waals surface area contributed by atoms with Crippen molar-refractivity contribution in [1.82, 2.24) is 24.8 Å². The van der Waals surface area contributed by atoms with Crippen LogP contribution in [-0.2, 0) is 0 Å². The SMILES string of the molecule is C=N/C(N[C@@H](C)c1nc(C)c(F)ccc(Cl)c(C)c(=O)n1-c1cnc(N)cn1)=C(/C#N)C(N)=NC. The summed E-state index contributed by atoms with van der Waals surface area (Å²) in [7, 11) is 1.41. The van der Waals surface area contributed by atoms with Crippen LogP contribution in [0.5, 0.6) is 0 Å². The molecule has 0 aliphatic heterocycles. The molecule has 0 fully saturated rings. The largest absolute Gasteiger partial charge is 0.383 e. The van der Waals surface area contributed by atoms with Crippen LogP contribution in [0.3, 0.4) is 0 Å². The molecule has 11 nitrogen and oxygen atoms in total. The minimum absolute atomic E-state index is 0.00807. The molecule has 0 saturated carbocycles.